The first-order valence-electron chi connectivity index (χ1n) is 12.7. The van der Waals surface area contributed by atoms with Crippen molar-refractivity contribution in [2.24, 2.45) is 14.1 Å². The van der Waals surface area contributed by atoms with Gasteiger partial charge in [-0.1, -0.05) is 0 Å². The molecule has 4 heterocycles. The molecule has 0 aromatic carbocycles. The van der Waals surface area contributed by atoms with Gasteiger partial charge in [-0.3, -0.25) is 9.59 Å². The van der Waals surface area contributed by atoms with Gasteiger partial charge in [0, 0.05) is 50.2 Å². The fraction of sp³-hybridized carbons (Fsp3) is 0.333. The van der Waals surface area contributed by atoms with Gasteiger partial charge in [0.25, 0.3) is 11.8 Å². The number of anilines is 2. The zero-order valence-corrected chi connectivity index (χ0v) is 25.6. The predicted molar refractivity (Wildman–Crippen MR) is 159 cm³/mol. The molecule has 222 valence electrons. The van der Waals surface area contributed by atoms with Crippen molar-refractivity contribution < 1.29 is 28.7 Å². The van der Waals surface area contributed by atoms with Crippen molar-refractivity contribution in [1.29, 1.82) is 0 Å². The maximum absolute atomic E-state index is 12.9. The third-order valence-electron chi connectivity index (χ3n) is 5.67. The molecule has 0 atom stereocenters. The lowest BCUT2D eigenvalue weighted by molar-refractivity contribution is 0.0526. The van der Waals surface area contributed by atoms with Crippen LogP contribution in [-0.2, 0) is 30.0 Å². The Hall–Kier alpha value is -4.50. The molecular weight excluding hydrogens is 582 g/mol. The van der Waals surface area contributed by atoms with E-state index in [4.69, 9.17) is 9.47 Å². The molecule has 3 N–H and O–H groups in total. The zero-order valence-electron chi connectivity index (χ0n) is 23.9. The molecule has 0 radical (unpaired) electrons. The van der Waals surface area contributed by atoms with Gasteiger partial charge in [-0.2, -0.15) is 0 Å². The van der Waals surface area contributed by atoms with Gasteiger partial charge >= 0.3 is 12.1 Å². The van der Waals surface area contributed by atoms with Crippen LogP contribution in [0.5, 0.6) is 0 Å². The molecule has 0 fully saturated rings. The molecule has 0 unspecified atom stereocenters. The highest BCUT2D eigenvalue weighted by Gasteiger charge is 2.19. The molecule has 3 amide bonds. The first-order chi connectivity index (χ1) is 19.8. The van der Waals surface area contributed by atoms with E-state index in [1.807, 2.05) is 5.38 Å². The van der Waals surface area contributed by atoms with E-state index >= 15 is 0 Å². The lowest BCUT2D eigenvalue weighted by atomic mass is 10.2. The monoisotopic (exact) mass is 613 g/mol. The summed E-state index contributed by atoms with van der Waals surface area (Å²) in [5.74, 6) is -1.37. The number of ether oxygens (including phenoxy) is 2. The number of methoxy groups -OCH3 is 1. The highest BCUT2D eigenvalue weighted by atomic mass is 32.1. The summed E-state index contributed by atoms with van der Waals surface area (Å²) >= 11 is 2.73. The van der Waals surface area contributed by atoms with Crippen molar-refractivity contribution in [2.45, 2.75) is 32.8 Å². The van der Waals surface area contributed by atoms with Crippen molar-refractivity contribution >= 4 is 57.9 Å². The van der Waals surface area contributed by atoms with E-state index in [2.05, 4.69) is 25.9 Å². The molecule has 13 nitrogen and oxygen atoms in total. The summed E-state index contributed by atoms with van der Waals surface area (Å²) in [7, 11) is 4.63. The Morgan fingerprint density at radius 2 is 1.55 bits per heavy atom. The molecular formula is C27H31N7O6S2. The molecule has 4 aromatic heterocycles. The van der Waals surface area contributed by atoms with Gasteiger partial charge in [-0.05, 0) is 32.9 Å². The Bertz CT molecular complexity index is 1630. The SMILES string of the molecule is COC(=O)c1cc(NC(=O)c2cc(NC(=O)c3csc(-c4csc(CCNC(=O)OC(C)(C)C)n4)n3)cn2C)cn1C. The molecule has 42 heavy (non-hydrogen) atoms. The minimum atomic E-state index is -0.564. The van der Waals surface area contributed by atoms with E-state index < -0.39 is 29.5 Å². The average Bonchev–Trinajstić information content (AvgIpc) is 3.69. The number of thiazole rings is 2. The summed E-state index contributed by atoms with van der Waals surface area (Å²) in [6.07, 6.45) is 3.26. The van der Waals surface area contributed by atoms with Crippen molar-refractivity contribution in [3.8, 4) is 10.7 Å². The highest BCUT2D eigenvalue weighted by Crippen LogP contribution is 2.26. The van der Waals surface area contributed by atoms with Gasteiger partial charge in [0.1, 0.15) is 33.4 Å². The van der Waals surface area contributed by atoms with Crippen LogP contribution in [0.25, 0.3) is 10.7 Å². The third kappa shape index (κ3) is 7.61. The number of aryl methyl sites for hydroxylation is 2. The number of hydrogen-bond acceptors (Lipinski definition) is 10. The lowest BCUT2D eigenvalue weighted by Crippen LogP contribution is -2.33. The fourth-order valence-electron chi connectivity index (χ4n) is 3.79. The summed E-state index contributed by atoms with van der Waals surface area (Å²) in [5.41, 5.74) is 1.72. The number of carbonyl (C=O) groups excluding carboxylic acids is 4. The Kier molecular flexibility index (Phi) is 9.11. The van der Waals surface area contributed by atoms with Crippen molar-refractivity contribution in [2.75, 3.05) is 24.3 Å². The van der Waals surface area contributed by atoms with Crippen LogP contribution in [0.4, 0.5) is 16.2 Å². The minimum absolute atomic E-state index is 0.214. The summed E-state index contributed by atoms with van der Waals surface area (Å²) in [4.78, 5) is 58.4. The Labute approximate surface area is 249 Å². The quantitative estimate of drug-likeness (QED) is 0.236. The van der Waals surface area contributed by atoms with Gasteiger partial charge < -0.3 is 34.6 Å². The largest absolute Gasteiger partial charge is 0.464 e. The maximum atomic E-state index is 12.9. The number of carbonyl (C=O) groups is 4. The third-order valence-corrected chi connectivity index (χ3v) is 7.44. The molecule has 15 heteroatoms. The minimum Gasteiger partial charge on any atom is -0.464 e. The van der Waals surface area contributed by atoms with E-state index in [1.165, 1.54) is 35.8 Å². The van der Waals surface area contributed by atoms with Crippen molar-refractivity contribution in [3.63, 3.8) is 0 Å². The number of amides is 3. The lowest BCUT2D eigenvalue weighted by Gasteiger charge is -2.19. The molecule has 0 aliphatic rings. The van der Waals surface area contributed by atoms with Gasteiger partial charge in [0.05, 0.1) is 23.5 Å². The fourth-order valence-corrected chi connectivity index (χ4v) is 5.41. The predicted octanol–water partition coefficient (Wildman–Crippen LogP) is 4.30. The van der Waals surface area contributed by atoms with Crippen LogP contribution in [0, 0.1) is 0 Å². The van der Waals surface area contributed by atoms with Crippen LogP contribution >= 0.6 is 22.7 Å². The number of nitrogens with one attached hydrogen (secondary N) is 3. The maximum Gasteiger partial charge on any atom is 0.407 e. The topological polar surface area (TPSA) is 158 Å². The number of alkyl carbamates (subject to hydrolysis) is 1. The van der Waals surface area contributed by atoms with Crippen LogP contribution < -0.4 is 16.0 Å². The molecule has 0 saturated heterocycles. The number of nitrogens with zero attached hydrogens (tertiary/aromatic N) is 4. The Balaban J connectivity index is 1.34. The second kappa shape index (κ2) is 12.6. The van der Waals surface area contributed by atoms with Gasteiger partial charge in [0.15, 0.2) is 0 Å². The first kappa shape index (κ1) is 30.5. The zero-order chi connectivity index (χ0) is 30.6. The molecule has 4 rings (SSSR count). The Morgan fingerprint density at radius 1 is 0.905 bits per heavy atom. The molecule has 0 aliphatic carbocycles. The van der Waals surface area contributed by atoms with Gasteiger partial charge in [-0.15, -0.1) is 22.7 Å². The summed E-state index contributed by atoms with van der Waals surface area (Å²) in [5, 5.41) is 13.1. The van der Waals surface area contributed by atoms with E-state index in [0.717, 1.165) is 5.01 Å². The normalized spacial score (nSPS) is 11.2. The number of hydrogen-bond donors (Lipinski definition) is 3. The molecule has 0 spiro atoms. The number of aromatic nitrogens is 4. The van der Waals surface area contributed by atoms with Crippen LogP contribution in [0.2, 0.25) is 0 Å². The summed E-state index contributed by atoms with van der Waals surface area (Å²) < 4.78 is 13.1. The molecule has 0 saturated carbocycles. The van der Waals surface area contributed by atoms with E-state index in [0.29, 0.717) is 46.4 Å². The van der Waals surface area contributed by atoms with Gasteiger partial charge in [0.2, 0.25) is 0 Å². The van der Waals surface area contributed by atoms with Crippen LogP contribution in [0.15, 0.2) is 35.3 Å². The van der Waals surface area contributed by atoms with Crippen molar-refractivity contribution in [3.05, 3.63) is 57.4 Å². The van der Waals surface area contributed by atoms with Crippen LogP contribution in [0.3, 0.4) is 0 Å². The van der Waals surface area contributed by atoms with Crippen LogP contribution in [0.1, 0.15) is 57.2 Å². The second-order valence-electron chi connectivity index (χ2n) is 10.2. The van der Waals surface area contributed by atoms with E-state index in [-0.39, 0.29) is 5.69 Å². The molecule has 4 aromatic rings. The van der Waals surface area contributed by atoms with Crippen molar-refractivity contribution in [1.82, 2.24) is 24.4 Å². The average molecular weight is 614 g/mol. The van der Waals surface area contributed by atoms with E-state index in [9.17, 15) is 19.2 Å². The first-order valence-corrected chi connectivity index (χ1v) is 14.5. The molecule has 0 bridgehead atoms. The summed E-state index contributed by atoms with van der Waals surface area (Å²) in [6.45, 7) is 5.78. The van der Waals surface area contributed by atoms with E-state index in [1.54, 1.807) is 67.8 Å². The highest BCUT2D eigenvalue weighted by molar-refractivity contribution is 7.14. The molecule has 0 aliphatic heterocycles. The smallest absolute Gasteiger partial charge is 0.407 e. The number of rotatable bonds is 9. The summed E-state index contributed by atoms with van der Waals surface area (Å²) in [6, 6.07) is 3.06. The Morgan fingerprint density at radius 3 is 2.21 bits per heavy atom. The van der Waals surface area contributed by atoms with Crippen LogP contribution in [-0.4, -0.2) is 62.2 Å². The number of esters is 1. The standard InChI is InChI=1S/C27H31N7O6S2/c1-27(2,3)40-26(38)28-8-7-21-31-18(14-41-21)24-32-17(13-42-24)22(35)29-15-9-19(33(4)11-15)23(36)30-16-10-20(25(37)39-6)34(5)12-16/h9-14H,7-8H2,1-6H3,(H,28,38)(H,29,35)(H,30,36). The van der Waals surface area contributed by atoms with Gasteiger partial charge in [-0.25, -0.2) is 19.6 Å². The second-order valence-corrected chi connectivity index (χ2v) is 12.0.